The molecule has 116 valence electrons. The van der Waals surface area contributed by atoms with E-state index in [1.54, 1.807) is 6.07 Å². The number of aromatic nitrogens is 1. The van der Waals surface area contributed by atoms with Crippen LogP contribution in [0.2, 0.25) is 0 Å². The maximum absolute atomic E-state index is 12.2. The van der Waals surface area contributed by atoms with Crippen molar-refractivity contribution in [1.82, 2.24) is 4.98 Å². The number of nitrogens with one attached hydrogen (secondary N) is 1. The molecule has 2 aromatic rings. The van der Waals surface area contributed by atoms with Gasteiger partial charge in [0.2, 0.25) is 0 Å². The number of amides is 1. The highest BCUT2D eigenvalue weighted by Crippen LogP contribution is 2.18. The fourth-order valence-corrected chi connectivity index (χ4v) is 2.58. The first-order chi connectivity index (χ1) is 10.6. The average molecular weight is 320 g/mol. The van der Waals surface area contributed by atoms with Gasteiger partial charge in [-0.05, 0) is 17.7 Å². The van der Waals surface area contributed by atoms with Crippen molar-refractivity contribution in [2.45, 2.75) is 19.1 Å². The predicted molar refractivity (Wildman–Crippen MR) is 84.1 cm³/mol. The van der Waals surface area contributed by atoms with Crippen molar-refractivity contribution in [3.8, 4) is 0 Å². The molecule has 0 aliphatic rings. The molecule has 0 saturated heterocycles. The summed E-state index contributed by atoms with van der Waals surface area (Å²) in [6.45, 7) is 1.89. The van der Waals surface area contributed by atoms with Crippen LogP contribution in [0.25, 0.3) is 0 Å². The van der Waals surface area contributed by atoms with E-state index in [4.69, 9.17) is 9.52 Å². The highest BCUT2D eigenvalue weighted by atomic mass is 32.2. The lowest BCUT2D eigenvalue weighted by Gasteiger charge is -2.06. The molecular weight excluding hydrogens is 304 g/mol. The molecule has 0 spiro atoms. The number of carboxylic acid groups (broad SMARTS) is 1. The minimum Gasteiger partial charge on any atom is -0.481 e. The summed E-state index contributed by atoms with van der Waals surface area (Å²) >= 11 is 1.31. The maximum Gasteiger partial charge on any atom is 0.313 e. The Balaban J connectivity index is 2.01. The third kappa shape index (κ3) is 4.36. The van der Waals surface area contributed by atoms with Crippen LogP contribution >= 0.6 is 11.8 Å². The number of hydrogen-bond acceptors (Lipinski definition) is 5. The van der Waals surface area contributed by atoms with Gasteiger partial charge in [-0.25, -0.2) is 4.98 Å². The Morgan fingerprint density at radius 2 is 2.23 bits per heavy atom. The van der Waals surface area contributed by atoms with Crippen LogP contribution in [0.1, 0.15) is 28.7 Å². The van der Waals surface area contributed by atoms with E-state index in [0.717, 1.165) is 5.56 Å². The SMILES string of the molecule is CCc1ocnc1C(=O)Nc1cccc(CSCC(=O)O)c1. The topological polar surface area (TPSA) is 92.4 Å². The molecule has 6 nitrogen and oxygen atoms in total. The van der Waals surface area contributed by atoms with Crippen molar-refractivity contribution in [2.75, 3.05) is 11.1 Å². The zero-order valence-electron chi connectivity index (χ0n) is 12.0. The molecule has 1 aromatic carbocycles. The summed E-state index contributed by atoms with van der Waals surface area (Å²) in [6, 6.07) is 7.29. The monoisotopic (exact) mass is 320 g/mol. The first-order valence-electron chi connectivity index (χ1n) is 6.72. The number of benzene rings is 1. The number of thioether (sulfide) groups is 1. The first-order valence-corrected chi connectivity index (χ1v) is 7.87. The lowest BCUT2D eigenvalue weighted by molar-refractivity contribution is -0.133. The zero-order valence-corrected chi connectivity index (χ0v) is 12.9. The van der Waals surface area contributed by atoms with E-state index >= 15 is 0 Å². The summed E-state index contributed by atoms with van der Waals surface area (Å²) in [6.07, 6.45) is 1.85. The quantitative estimate of drug-likeness (QED) is 0.815. The number of nitrogens with zero attached hydrogens (tertiary/aromatic N) is 1. The van der Waals surface area contributed by atoms with E-state index in [0.29, 0.717) is 23.6 Å². The molecule has 0 bridgehead atoms. The second-order valence-corrected chi connectivity index (χ2v) is 5.50. The van der Waals surface area contributed by atoms with Crippen molar-refractivity contribution in [1.29, 1.82) is 0 Å². The second kappa shape index (κ2) is 7.65. The van der Waals surface area contributed by atoms with Gasteiger partial charge in [-0.2, -0.15) is 0 Å². The molecule has 1 heterocycles. The molecule has 0 atom stereocenters. The molecule has 0 aliphatic carbocycles. The minimum absolute atomic E-state index is 0.0510. The lowest BCUT2D eigenvalue weighted by atomic mass is 10.2. The summed E-state index contributed by atoms with van der Waals surface area (Å²) in [5.74, 6) is 0.00874. The predicted octanol–water partition coefficient (Wildman–Crippen LogP) is 2.81. The van der Waals surface area contributed by atoms with E-state index in [-0.39, 0.29) is 17.4 Å². The standard InChI is InChI=1S/C15H16N2O4S/c1-2-12-14(16-9-21-12)15(20)17-11-5-3-4-10(6-11)7-22-8-13(18)19/h3-6,9H,2,7-8H2,1H3,(H,17,20)(H,18,19). The van der Waals surface area contributed by atoms with Gasteiger partial charge in [0.25, 0.3) is 5.91 Å². The van der Waals surface area contributed by atoms with E-state index < -0.39 is 5.97 Å². The average Bonchev–Trinajstić information content (AvgIpc) is 2.96. The van der Waals surface area contributed by atoms with Gasteiger partial charge in [-0.1, -0.05) is 19.1 Å². The third-order valence-corrected chi connectivity index (χ3v) is 3.84. The van der Waals surface area contributed by atoms with Crippen LogP contribution in [0, 0.1) is 0 Å². The largest absolute Gasteiger partial charge is 0.481 e. The first kappa shape index (κ1) is 16.1. The number of rotatable bonds is 7. The van der Waals surface area contributed by atoms with E-state index in [1.165, 1.54) is 18.2 Å². The Morgan fingerprint density at radius 1 is 1.41 bits per heavy atom. The zero-order chi connectivity index (χ0) is 15.9. The fourth-order valence-electron chi connectivity index (χ4n) is 1.89. The molecule has 2 rings (SSSR count). The molecule has 0 radical (unpaired) electrons. The molecule has 7 heteroatoms. The van der Waals surface area contributed by atoms with Crippen LogP contribution in [-0.4, -0.2) is 27.7 Å². The van der Waals surface area contributed by atoms with E-state index in [1.807, 2.05) is 25.1 Å². The number of oxazole rings is 1. The van der Waals surface area contributed by atoms with Gasteiger partial charge < -0.3 is 14.8 Å². The lowest BCUT2D eigenvalue weighted by Crippen LogP contribution is -2.14. The van der Waals surface area contributed by atoms with Gasteiger partial charge in [-0.3, -0.25) is 9.59 Å². The van der Waals surface area contributed by atoms with Gasteiger partial charge in [-0.15, -0.1) is 11.8 Å². The number of carboxylic acids is 1. The van der Waals surface area contributed by atoms with Crippen LogP contribution in [0.15, 0.2) is 35.1 Å². The molecule has 0 saturated carbocycles. The molecular formula is C15H16N2O4S. The van der Waals surface area contributed by atoms with Crippen molar-refractivity contribution in [3.63, 3.8) is 0 Å². The Bertz CT molecular complexity index is 669. The Labute approximate surface area is 131 Å². The minimum atomic E-state index is -0.840. The number of carbonyl (C=O) groups excluding carboxylic acids is 1. The van der Waals surface area contributed by atoms with Crippen molar-refractivity contribution < 1.29 is 19.1 Å². The normalized spacial score (nSPS) is 10.4. The molecule has 0 unspecified atom stereocenters. The summed E-state index contributed by atoms with van der Waals surface area (Å²) < 4.78 is 5.14. The van der Waals surface area contributed by atoms with E-state index in [9.17, 15) is 9.59 Å². The summed E-state index contributed by atoms with van der Waals surface area (Å²) in [7, 11) is 0. The highest BCUT2D eigenvalue weighted by Gasteiger charge is 2.15. The van der Waals surface area contributed by atoms with Crippen LogP contribution in [0.5, 0.6) is 0 Å². The Morgan fingerprint density at radius 3 is 2.95 bits per heavy atom. The molecule has 22 heavy (non-hydrogen) atoms. The van der Waals surface area contributed by atoms with Crippen LogP contribution in [0.4, 0.5) is 5.69 Å². The van der Waals surface area contributed by atoms with Crippen LogP contribution in [-0.2, 0) is 17.0 Å². The van der Waals surface area contributed by atoms with Crippen LogP contribution < -0.4 is 5.32 Å². The number of carbonyl (C=O) groups is 2. The van der Waals surface area contributed by atoms with Gasteiger partial charge in [0.05, 0.1) is 5.75 Å². The Kier molecular flexibility index (Phi) is 5.60. The van der Waals surface area contributed by atoms with E-state index in [2.05, 4.69) is 10.3 Å². The molecule has 0 fully saturated rings. The van der Waals surface area contributed by atoms with Gasteiger partial charge >= 0.3 is 5.97 Å². The number of aliphatic carboxylic acids is 1. The summed E-state index contributed by atoms with van der Waals surface area (Å²) in [4.78, 5) is 26.6. The summed E-state index contributed by atoms with van der Waals surface area (Å²) in [5.41, 5.74) is 1.87. The summed E-state index contributed by atoms with van der Waals surface area (Å²) in [5, 5.41) is 11.4. The molecule has 2 N–H and O–H groups in total. The third-order valence-electron chi connectivity index (χ3n) is 2.86. The van der Waals surface area contributed by atoms with Crippen molar-refractivity contribution in [2.24, 2.45) is 0 Å². The number of anilines is 1. The van der Waals surface area contributed by atoms with Crippen molar-refractivity contribution in [3.05, 3.63) is 47.7 Å². The van der Waals surface area contributed by atoms with Gasteiger partial charge in [0.15, 0.2) is 12.1 Å². The Hall–Kier alpha value is -2.28. The van der Waals surface area contributed by atoms with Crippen LogP contribution in [0.3, 0.4) is 0 Å². The van der Waals surface area contributed by atoms with Gasteiger partial charge in [0.1, 0.15) is 5.76 Å². The molecule has 0 aliphatic heterocycles. The van der Waals surface area contributed by atoms with Crippen molar-refractivity contribution >= 4 is 29.3 Å². The smallest absolute Gasteiger partial charge is 0.313 e. The number of aryl methyl sites for hydroxylation is 1. The fraction of sp³-hybridized carbons (Fsp3) is 0.267. The highest BCUT2D eigenvalue weighted by molar-refractivity contribution is 7.99. The second-order valence-electron chi connectivity index (χ2n) is 4.52. The number of hydrogen-bond donors (Lipinski definition) is 2. The molecule has 1 aromatic heterocycles. The maximum atomic E-state index is 12.2. The van der Waals surface area contributed by atoms with Gasteiger partial charge in [0, 0.05) is 17.9 Å². The molecule has 1 amide bonds.